The number of benzene rings is 2. The number of halogens is 2. The standard InChI is InChI=1S/C19H23BrN2O.ClH/c1-19(2,15-8-10-16(20)11-9-15)13-22-18(23)12-17(21)14-6-4-3-5-7-14;/h3-11,17H,12-13,21H2,1-2H3,(H,22,23);1H. The maximum atomic E-state index is 12.2. The molecule has 2 rings (SSSR count). The quantitative estimate of drug-likeness (QED) is 0.742. The molecule has 3 N–H and O–H groups in total. The van der Waals surface area contributed by atoms with Gasteiger partial charge in [0, 0.05) is 28.9 Å². The second-order valence-electron chi connectivity index (χ2n) is 6.39. The van der Waals surface area contributed by atoms with Crippen LogP contribution in [0.4, 0.5) is 0 Å². The summed E-state index contributed by atoms with van der Waals surface area (Å²) in [5.41, 5.74) is 8.13. The van der Waals surface area contributed by atoms with Crippen molar-refractivity contribution in [2.24, 2.45) is 5.73 Å². The Balaban J connectivity index is 0.00000288. The molecule has 5 heteroatoms. The van der Waals surface area contributed by atoms with Crippen molar-refractivity contribution < 1.29 is 4.79 Å². The van der Waals surface area contributed by atoms with E-state index in [1.807, 2.05) is 42.5 Å². The van der Waals surface area contributed by atoms with Gasteiger partial charge in [-0.15, -0.1) is 12.4 Å². The molecular weight excluding hydrogens is 388 g/mol. The highest BCUT2D eigenvalue weighted by Crippen LogP contribution is 2.24. The molecule has 0 aliphatic rings. The predicted octanol–water partition coefficient (Wildman–Crippen LogP) is 4.35. The lowest BCUT2D eigenvalue weighted by Gasteiger charge is -2.26. The average Bonchev–Trinajstić information content (AvgIpc) is 2.54. The van der Waals surface area contributed by atoms with Gasteiger partial charge in [0.05, 0.1) is 0 Å². The number of carbonyl (C=O) groups excluding carboxylic acids is 1. The maximum Gasteiger partial charge on any atom is 0.221 e. The van der Waals surface area contributed by atoms with Crippen molar-refractivity contribution in [1.82, 2.24) is 5.32 Å². The number of hydrogen-bond donors (Lipinski definition) is 2. The molecule has 2 aromatic carbocycles. The van der Waals surface area contributed by atoms with E-state index in [2.05, 4.69) is 47.2 Å². The Morgan fingerprint density at radius 3 is 2.29 bits per heavy atom. The molecule has 0 fully saturated rings. The van der Waals surface area contributed by atoms with Gasteiger partial charge in [0.25, 0.3) is 0 Å². The zero-order valence-corrected chi connectivity index (χ0v) is 16.4. The highest BCUT2D eigenvalue weighted by atomic mass is 79.9. The van der Waals surface area contributed by atoms with Crippen LogP contribution >= 0.6 is 28.3 Å². The monoisotopic (exact) mass is 410 g/mol. The van der Waals surface area contributed by atoms with Gasteiger partial charge in [0.15, 0.2) is 0 Å². The molecule has 1 unspecified atom stereocenters. The van der Waals surface area contributed by atoms with Crippen molar-refractivity contribution in [2.75, 3.05) is 6.54 Å². The molecule has 0 bridgehead atoms. The van der Waals surface area contributed by atoms with E-state index < -0.39 is 0 Å². The SMILES string of the molecule is CC(C)(CNC(=O)CC(N)c1ccccc1)c1ccc(Br)cc1.Cl. The molecule has 0 radical (unpaired) electrons. The van der Waals surface area contributed by atoms with Gasteiger partial charge in [0.2, 0.25) is 5.91 Å². The molecular formula is C19H24BrClN2O. The fourth-order valence-corrected chi connectivity index (χ4v) is 2.68. The molecule has 0 saturated heterocycles. The number of nitrogens with two attached hydrogens (primary N) is 1. The topological polar surface area (TPSA) is 55.1 Å². The van der Waals surface area contributed by atoms with E-state index in [0.717, 1.165) is 10.0 Å². The van der Waals surface area contributed by atoms with Crippen molar-refractivity contribution in [2.45, 2.75) is 31.7 Å². The van der Waals surface area contributed by atoms with Gasteiger partial charge in [-0.3, -0.25) is 4.79 Å². The molecule has 0 heterocycles. The molecule has 0 saturated carbocycles. The normalized spacial score (nSPS) is 12.2. The summed E-state index contributed by atoms with van der Waals surface area (Å²) in [6.07, 6.45) is 0.292. The molecule has 130 valence electrons. The first-order valence-corrected chi connectivity index (χ1v) is 8.51. The Kier molecular flexibility index (Phi) is 7.94. The Morgan fingerprint density at radius 2 is 1.71 bits per heavy atom. The third-order valence-corrected chi connectivity index (χ3v) is 4.51. The smallest absolute Gasteiger partial charge is 0.221 e. The van der Waals surface area contributed by atoms with E-state index in [-0.39, 0.29) is 29.8 Å². The summed E-state index contributed by atoms with van der Waals surface area (Å²) in [5, 5.41) is 3.01. The lowest BCUT2D eigenvalue weighted by atomic mass is 9.84. The van der Waals surface area contributed by atoms with Crippen molar-refractivity contribution >= 4 is 34.2 Å². The molecule has 24 heavy (non-hydrogen) atoms. The van der Waals surface area contributed by atoms with Crippen LogP contribution in [0.15, 0.2) is 59.1 Å². The summed E-state index contributed by atoms with van der Waals surface area (Å²) in [6, 6.07) is 17.6. The zero-order valence-electron chi connectivity index (χ0n) is 14.0. The molecule has 1 amide bonds. The van der Waals surface area contributed by atoms with Crippen LogP contribution in [-0.4, -0.2) is 12.5 Å². The van der Waals surface area contributed by atoms with Crippen LogP contribution in [0.3, 0.4) is 0 Å². The van der Waals surface area contributed by atoms with E-state index in [1.165, 1.54) is 5.56 Å². The minimum Gasteiger partial charge on any atom is -0.355 e. The first-order chi connectivity index (χ1) is 10.9. The zero-order chi connectivity index (χ0) is 16.9. The number of rotatable bonds is 6. The third kappa shape index (κ3) is 5.93. The molecule has 2 aromatic rings. The van der Waals surface area contributed by atoms with Crippen LogP contribution in [0.1, 0.15) is 37.4 Å². The Labute approximate surface area is 158 Å². The second-order valence-corrected chi connectivity index (χ2v) is 7.30. The Morgan fingerprint density at radius 1 is 1.12 bits per heavy atom. The fourth-order valence-electron chi connectivity index (χ4n) is 2.41. The van der Waals surface area contributed by atoms with Crippen LogP contribution in [-0.2, 0) is 10.2 Å². The summed E-state index contributed by atoms with van der Waals surface area (Å²) < 4.78 is 1.05. The van der Waals surface area contributed by atoms with Crippen molar-refractivity contribution in [3.63, 3.8) is 0 Å². The lowest BCUT2D eigenvalue weighted by Crippen LogP contribution is -2.37. The van der Waals surface area contributed by atoms with Gasteiger partial charge >= 0.3 is 0 Å². The minimum absolute atomic E-state index is 0. The van der Waals surface area contributed by atoms with Crippen LogP contribution in [0, 0.1) is 0 Å². The summed E-state index contributed by atoms with van der Waals surface area (Å²) >= 11 is 3.44. The Hall–Kier alpha value is -1.36. The maximum absolute atomic E-state index is 12.2. The highest BCUT2D eigenvalue weighted by molar-refractivity contribution is 9.10. The first-order valence-electron chi connectivity index (χ1n) is 7.72. The average molecular weight is 412 g/mol. The first kappa shape index (κ1) is 20.7. The second kappa shape index (κ2) is 9.21. The summed E-state index contributed by atoms with van der Waals surface area (Å²) in [4.78, 5) is 12.2. The third-order valence-electron chi connectivity index (χ3n) is 3.99. The molecule has 1 atom stereocenters. The summed E-state index contributed by atoms with van der Waals surface area (Å²) in [6.45, 7) is 4.82. The largest absolute Gasteiger partial charge is 0.355 e. The molecule has 0 spiro atoms. The molecule has 0 aromatic heterocycles. The van der Waals surface area contributed by atoms with Crippen molar-refractivity contribution in [3.05, 3.63) is 70.2 Å². The van der Waals surface area contributed by atoms with E-state index in [9.17, 15) is 4.79 Å². The van der Waals surface area contributed by atoms with Gasteiger partial charge in [-0.1, -0.05) is 72.2 Å². The summed E-state index contributed by atoms with van der Waals surface area (Å²) in [7, 11) is 0. The number of amides is 1. The fraction of sp³-hybridized carbons (Fsp3) is 0.316. The van der Waals surface area contributed by atoms with Crippen LogP contribution < -0.4 is 11.1 Å². The predicted molar refractivity (Wildman–Crippen MR) is 105 cm³/mol. The van der Waals surface area contributed by atoms with Crippen LogP contribution in [0.25, 0.3) is 0 Å². The van der Waals surface area contributed by atoms with Gasteiger partial charge in [-0.2, -0.15) is 0 Å². The summed E-state index contributed by atoms with van der Waals surface area (Å²) in [5.74, 6) is -0.0217. The molecule has 3 nitrogen and oxygen atoms in total. The number of nitrogens with one attached hydrogen (secondary N) is 1. The van der Waals surface area contributed by atoms with E-state index in [1.54, 1.807) is 0 Å². The van der Waals surface area contributed by atoms with Gasteiger partial charge in [-0.25, -0.2) is 0 Å². The minimum atomic E-state index is -0.271. The number of hydrogen-bond acceptors (Lipinski definition) is 2. The number of carbonyl (C=O) groups is 1. The lowest BCUT2D eigenvalue weighted by molar-refractivity contribution is -0.121. The van der Waals surface area contributed by atoms with E-state index in [0.29, 0.717) is 13.0 Å². The van der Waals surface area contributed by atoms with Gasteiger partial charge in [0.1, 0.15) is 0 Å². The van der Waals surface area contributed by atoms with Crippen molar-refractivity contribution in [1.29, 1.82) is 0 Å². The van der Waals surface area contributed by atoms with E-state index >= 15 is 0 Å². The Bertz CT molecular complexity index is 644. The van der Waals surface area contributed by atoms with Crippen LogP contribution in [0.2, 0.25) is 0 Å². The van der Waals surface area contributed by atoms with E-state index in [4.69, 9.17) is 5.73 Å². The molecule has 0 aliphatic heterocycles. The van der Waals surface area contributed by atoms with Crippen LogP contribution in [0.5, 0.6) is 0 Å². The highest BCUT2D eigenvalue weighted by Gasteiger charge is 2.22. The van der Waals surface area contributed by atoms with Crippen molar-refractivity contribution in [3.8, 4) is 0 Å². The van der Waals surface area contributed by atoms with Gasteiger partial charge in [-0.05, 0) is 23.3 Å². The molecule has 0 aliphatic carbocycles. The van der Waals surface area contributed by atoms with Gasteiger partial charge < -0.3 is 11.1 Å².